The molecule has 0 aliphatic carbocycles. The van der Waals surface area contributed by atoms with Crippen molar-refractivity contribution in [3.63, 3.8) is 0 Å². The monoisotopic (exact) mass is 379 g/mol. The molecular weight excluding hydrogens is 346 g/mol. The predicted molar refractivity (Wildman–Crippen MR) is 117 cm³/mol. The molecule has 28 heavy (non-hydrogen) atoms. The van der Waals surface area contributed by atoms with Gasteiger partial charge in [0.1, 0.15) is 0 Å². The van der Waals surface area contributed by atoms with Crippen LogP contribution in [-0.2, 0) is 11.2 Å². The van der Waals surface area contributed by atoms with Gasteiger partial charge in [0.05, 0.1) is 29.4 Å². The third-order valence-corrected chi connectivity index (χ3v) is 5.75. The third kappa shape index (κ3) is 3.46. The largest absolute Gasteiger partial charge is 0.383 e. The van der Waals surface area contributed by atoms with E-state index in [0.717, 1.165) is 34.6 Å². The van der Waals surface area contributed by atoms with Crippen molar-refractivity contribution in [2.24, 2.45) is 0 Å². The molecule has 3 heterocycles. The minimum atomic E-state index is 0.269. The van der Waals surface area contributed by atoms with Crippen molar-refractivity contribution >= 4 is 11.0 Å². The zero-order valence-corrected chi connectivity index (χ0v) is 18.6. The first-order valence-corrected chi connectivity index (χ1v) is 10.3. The van der Waals surface area contributed by atoms with Crippen LogP contribution < -0.4 is 0 Å². The van der Waals surface area contributed by atoms with E-state index in [-0.39, 0.29) is 6.04 Å². The summed E-state index contributed by atoms with van der Waals surface area (Å²) in [5.74, 6) is 0.427. The molecular formula is C24H33N3O. The molecule has 0 aliphatic rings. The highest BCUT2D eigenvalue weighted by Gasteiger charge is 2.20. The van der Waals surface area contributed by atoms with Crippen LogP contribution in [0, 0.1) is 20.8 Å². The fourth-order valence-electron chi connectivity index (χ4n) is 3.96. The molecule has 0 unspecified atom stereocenters. The Kier molecular flexibility index (Phi) is 5.90. The SMILES string of the molecule is CCc1nc(C(C)C)ccc1-c1nc2c(C)cn([C@@H](C)COC)c2c(C)c1C. The van der Waals surface area contributed by atoms with E-state index >= 15 is 0 Å². The number of fused-ring (bicyclic) bond motifs is 1. The van der Waals surface area contributed by atoms with E-state index in [1.807, 2.05) is 0 Å². The van der Waals surface area contributed by atoms with Crippen molar-refractivity contribution in [2.45, 2.75) is 66.8 Å². The maximum absolute atomic E-state index is 5.39. The molecule has 3 rings (SSSR count). The van der Waals surface area contributed by atoms with E-state index in [4.69, 9.17) is 14.7 Å². The quantitative estimate of drug-likeness (QED) is 0.534. The van der Waals surface area contributed by atoms with E-state index in [2.05, 4.69) is 71.4 Å². The minimum Gasteiger partial charge on any atom is -0.383 e. The van der Waals surface area contributed by atoms with Gasteiger partial charge in [-0.15, -0.1) is 0 Å². The van der Waals surface area contributed by atoms with Crippen LogP contribution >= 0.6 is 0 Å². The summed E-state index contributed by atoms with van der Waals surface area (Å²) in [6.45, 7) is 16.0. The Balaban J connectivity index is 2.25. The van der Waals surface area contributed by atoms with Gasteiger partial charge in [-0.2, -0.15) is 0 Å². The lowest BCUT2D eigenvalue weighted by Crippen LogP contribution is -2.11. The molecule has 0 fully saturated rings. The maximum Gasteiger partial charge on any atom is 0.0920 e. The van der Waals surface area contributed by atoms with E-state index < -0.39 is 0 Å². The molecule has 0 bridgehead atoms. The van der Waals surface area contributed by atoms with Gasteiger partial charge in [-0.25, -0.2) is 4.98 Å². The van der Waals surface area contributed by atoms with Crippen LogP contribution in [-0.4, -0.2) is 28.3 Å². The number of nitrogens with zero attached hydrogens (tertiary/aromatic N) is 3. The van der Waals surface area contributed by atoms with Gasteiger partial charge in [0.25, 0.3) is 0 Å². The van der Waals surface area contributed by atoms with Crippen LogP contribution in [0.5, 0.6) is 0 Å². The highest BCUT2D eigenvalue weighted by Crippen LogP contribution is 2.34. The number of aryl methyl sites for hydroxylation is 3. The molecule has 3 aromatic rings. The Morgan fingerprint density at radius 3 is 2.36 bits per heavy atom. The van der Waals surface area contributed by atoms with Crippen LogP contribution in [0.2, 0.25) is 0 Å². The van der Waals surface area contributed by atoms with Gasteiger partial charge in [0.15, 0.2) is 0 Å². The van der Waals surface area contributed by atoms with Crippen LogP contribution in [0.25, 0.3) is 22.3 Å². The Hall–Kier alpha value is -2.20. The molecule has 1 atom stereocenters. The lowest BCUT2D eigenvalue weighted by Gasteiger charge is -2.18. The summed E-state index contributed by atoms with van der Waals surface area (Å²) in [6, 6.07) is 4.63. The molecule has 0 radical (unpaired) electrons. The molecule has 3 aromatic heterocycles. The van der Waals surface area contributed by atoms with Crippen molar-refractivity contribution in [3.05, 3.63) is 46.4 Å². The molecule has 4 nitrogen and oxygen atoms in total. The van der Waals surface area contributed by atoms with Crippen molar-refractivity contribution in [1.82, 2.24) is 14.5 Å². The summed E-state index contributed by atoms with van der Waals surface area (Å²) in [5, 5.41) is 0. The van der Waals surface area contributed by atoms with Crippen molar-refractivity contribution in [1.29, 1.82) is 0 Å². The predicted octanol–water partition coefficient (Wildman–Crippen LogP) is 5.92. The summed E-state index contributed by atoms with van der Waals surface area (Å²) in [4.78, 5) is 10.1. The average Bonchev–Trinajstić information content (AvgIpc) is 3.01. The molecule has 0 spiro atoms. The molecule has 0 aliphatic heterocycles. The third-order valence-electron chi connectivity index (χ3n) is 5.75. The second kappa shape index (κ2) is 8.04. The van der Waals surface area contributed by atoms with Crippen LogP contribution in [0.15, 0.2) is 18.3 Å². The average molecular weight is 380 g/mol. The van der Waals surface area contributed by atoms with E-state index in [1.165, 1.54) is 22.2 Å². The summed E-state index contributed by atoms with van der Waals surface area (Å²) in [5.41, 5.74) is 10.5. The van der Waals surface area contributed by atoms with Gasteiger partial charge in [0, 0.05) is 30.3 Å². The number of hydrogen-bond acceptors (Lipinski definition) is 3. The second-order valence-electron chi connectivity index (χ2n) is 8.17. The summed E-state index contributed by atoms with van der Waals surface area (Å²) in [7, 11) is 1.75. The Bertz CT molecular complexity index is 1000. The fraction of sp³-hybridized carbons (Fsp3) is 0.500. The maximum atomic E-state index is 5.39. The lowest BCUT2D eigenvalue weighted by molar-refractivity contribution is 0.164. The number of methoxy groups -OCH3 is 1. The number of rotatable bonds is 6. The zero-order chi connectivity index (χ0) is 20.6. The van der Waals surface area contributed by atoms with Crippen LogP contribution in [0.1, 0.15) is 67.7 Å². The first kappa shape index (κ1) is 20.5. The summed E-state index contributed by atoms with van der Waals surface area (Å²) >= 11 is 0. The molecule has 0 N–H and O–H groups in total. The number of ether oxygens (including phenoxy) is 1. The first-order chi connectivity index (χ1) is 13.3. The molecule has 4 heteroatoms. The smallest absolute Gasteiger partial charge is 0.0920 e. The van der Waals surface area contributed by atoms with Gasteiger partial charge in [-0.1, -0.05) is 20.8 Å². The number of pyridine rings is 2. The van der Waals surface area contributed by atoms with Gasteiger partial charge in [-0.3, -0.25) is 4.98 Å². The van der Waals surface area contributed by atoms with Gasteiger partial charge in [0.2, 0.25) is 0 Å². The van der Waals surface area contributed by atoms with Gasteiger partial charge < -0.3 is 9.30 Å². The normalized spacial score (nSPS) is 12.9. The van der Waals surface area contributed by atoms with Crippen LogP contribution in [0.3, 0.4) is 0 Å². The van der Waals surface area contributed by atoms with Crippen molar-refractivity contribution in [2.75, 3.05) is 13.7 Å². The van der Waals surface area contributed by atoms with E-state index in [9.17, 15) is 0 Å². The summed E-state index contributed by atoms with van der Waals surface area (Å²) < 4.78 is 7.70. The minimum absolute atomic E-state index is 0.269. The summed E-state index contributed by atoms with van der Waals surface area (Å²) in [6.07, 6.45) is 3.11. The topological polar surface area (TPSA) is 39.9 Å². The molecule has 0 aromatic carbocycles. The lowest BCUT2D eigenvalue weighted by atomic mass is 9.97. The molecule has 150 valence electrons. The highest BCUT2D eigenvalue weighted by atomic mass is 16.5. The van der Waals surface area contributed by atoms with E-state index in [1.54, 1.807) is 7.11 Å². The Morgan fingerprint density at radius 1 is 1.04 bits per heavy atom. The van der Waals surface area contributed by atoms with Gasteiger partial charge >= 0.3 is 0 Å². The number of aromatic nitrogens is 3. The Labute approximate surface area is 169 Å². The van der Waals surface area contributed by atoms with Crippen molar-refractivity contribution < 1.29 is 4.74 Å². The van der Waals surface area contributed by atoms with Crippen LogP contribution in [0.4, 0.5) is 0 Å². The molecule has 0 amide bonds. The highest BCUT2D eigenvalue weighted by molar-refractivity contribution is 5.88. The second-order valence-corrected chi connectivity index (χ2v) is 8.17. The Morgan fingerprint density at radius 2 is 1.75 bits per heavy atom. The standard InChI is InChI=1S/C24H33N3O/c1-9-20-19(10-11-21(25-20)14(2)3)23-17(6)18(7)24-22(26-23)15(4)12-27(24)16(5)13-28-8/h10-12,14,16H,9,13H2,1-8H3/t16-/m0/s1. The zero-order valence-electron chi connectivity index (χ0n) is 18.6. The fourth-order valence-corrected chi connectivity index (χ4v) is 3.96. The molecule has 0 saturated heterocycles. The van der Waals surface area contributed by atoms with Gasteiger partial charge in [-0.05, 0) is 68.9 Å². The number of hydrogen-bond donors (Lipinski definition) is 0. The van der Waals surface area contributed by atoms with Crippen molar-refractivity contribution in [3.8, 4) is 11.3 Å². The first-order valence-electron chi connectivity index (χ1n) is 10.3. The van der Waals surface area contributed by atoms with E-state index in [0.29, 0.717) is 12.5 Å². The molecule has 0 saturated carbocycles.